The minimum Gasteiger partial charge on any atom is -0.467 e. The first-order chi connectivity index (χ1) is 10.1. The van der Waals surface area contributed by atoms with E-state index in [1.807, 2.05) is 37.2 Å². The molecule has 0 unspecified atom stereocenters. The summed E-state index contributed by atoms with van der Waals surface area (Å²) in [5, 5.41) is 12.7. The Hall–Kier alpha value is -2.27. The molecule has 2 N–H and O–H groups in total. The van der Waals surface area contributed by atoms with E-state index in [2.05, 4.69) is 5.32 Å². The fraction of sp³-hybridized carbons (Fsp3) is 0.312. The Kier molecular flexibility index (Phi) is 5.00. The summed E-state index contributed by atoms with van der Waals surface area (Å²) in [7, 11) is 3.85. The third kappa shape index (κ3) is 4.10. The number of anilines is 1. The first-order valence-electron chi connectivity index (χ1n) is 6.85. The van der Waals surface area contributed by atoms with Crippen LogP contribution in [0, 0.1) is 0 Å². The van der Waals surface area contributed by atoms with E-state index in [1.165, 1.54) is 6.26 Å². The first-order valence-corrected chi connectivity index (χ1v) is 6.85. The average Bonchev–Trinajstić information content (AvgIpc) is 3.01. The summed E-state index contributed by atoms with van der Waals surface area (Å²) in [5.74, 6) is 0.365. The zero-order chi connectivity index (χ0) is 15.2. The molecule has 21 heavy (non-hydrogen) atoms. The number of amides is 1. The lowest BCUT2D eigenvalue weighted by Gasteiger charge is -2.14. The van der Waals surface area contributed by atoms with Gasteiger partial charge in [0.15, 0.2) is 0 Å². The molecule has 2 aromatic rings. The number of hydrogen-bond acceptors (Lipinski definition) is 4. The van der Waals surface area contributed by atoms with Gasteiger partial charge in [-0.1, -0.05) is 6.07 Å². The summed E-state index contributed by atoms with van der Waals surface area (Å²) in [6, 6.07) is 10.8. The van der Waals surface area contributed by atoms with Gasteiger partial charge in [0, 0.05) is 31.9 Å². The number of hydrogen-bond donors (Lipinski definition) is 2. The van der Waals surface area contributed by atoms with E-state index in [0.717, 1.165) is 5.69 Å². The van der Waals surface area contributed by atoms with Gasteiger partial charge in [0.1, 0.15) is 11.9 Å². The van der Waals surface area contributed by atoms with Crippen molar-refractivity contribution in [3.63, 3.8) is 0 Å². The molecule has 0 saturated carbocycles. The van der Waals surface area contributed by atoms with E-state index in [-0.39, 0.29) is 5.91 Å². The van der Waals surface area contributed by atoms with E-state index in [0.29, 0.717) is 24.3 Å². The molecule has 0 spiro atoms. The Morgan fingerprint density at radius 2 is 2.14 bits per heavy atom. The third-order valence-corrected chi connectivity index (χ3v) is 3.20. The standard InChI is InChI=1S/C16H20N2O3/c1-18(2)13-6-3-5-12(11-13)16(20)17-9-8-14(19)15-7-4-10-21-15/h3-7,10-11,14,19H,8-9H2,1-2H3,(H,17,20)/t14-/m0/s1. The smallest absolute Gasteiger partial charge is 0.251 e. The topological polar surface area (TPSA) is 65.7 Å². The SMILES string of the molecule is CN(C)c1cccc(C(=O)NCC[C@H](O)c2ccco2)c1. The van der Waals surface area contributed by atoms with Crippen molar-refractivity contribution < 1.29 is 14.3 Å². The molecule has 112 valence electrons. The molecule has 2 rings (SSSR count). The summed E-state index contributed by atoms with van der Waals surface area (Å²) in [5.41, 5.74) is 1.58. The van der Waals surface area contributed by atoms with Gasteiger partial charge in [-0.2, -0.15) is 0 Å². The second kappa shape index (κ2) is 6.95. The number of rotatable bonds is 6. The van der Waals surface area contributed by atoms with Gasteiger partial charge in [0.25, 0.3) is 5.91 Å². The highest BCUT2D eigenvalue weighted by Gasteiger charge is 2.11. The predicted molar refractivity (Wildman–Crippen MR) is 81.4 cm³/mol. The van der Waals surface area contributed by atoms with Crippen LogP contribution in [0.5, 0.6) is 0 Å². The lowest BCUT2D eigenvalue weighted by Crippen LogP contribution is -2.25. The van der Waals surface area contributed by atoms with Crippen LogP contribution in [0.4, 0.5) is 5.69 Å². The summed E-state index contributed by atoms with van der Waals surface area (Å²) in [6.45, 7) is 0.382. The van der Waals surface area contributed by atoms with Crippen molar-refractivity contribution >= 4 is 11.6 Å². The number of furan rings is 1. The van der Waals surface area contributed by atoms with Crippen LogP contribution in [0.2, 0.25) is 0 Å². The first kappa shape index (κ1) is 15.1. The largest absolute Gasteiger partial charge is 0.467 e. The molecule has 0 aliphatic rings. The number of carbonyl (C=O) groups is 1. The van der Waals surface area contributed by atoms with Gasteiger partial charge < -0.3 is 19.7 Å². The van der Waals surface area contributed by atoms with Crippen molar-refractivity contribution in [2.45, 2.75) is 12.5 Å². The van der Waals surface area contributed by atoms with Crippen LogP contribution in [-0.4, -0.2) is 31.7 Å². The van der Waals surface area contributed by atoms with Crippen LogP contribution in [0.3, 0.4) is 0 Å². The fourth-order valence-corrected chi connectivity index (χ4v) is 1.97. The van der Waals surface area contributed by atoms with Crippen molar-refractivity contribution in [2.24, 2.45) is 0 Å². The molecule has 5 heteroatoms. The van der Waals surface area contributed by atoms with Crippen LogP contribution < -0.4 is 10.2 Å². The zero-order valence-electron chi connectivity index (χ0n) is 12.2. The number of benzene rings is 1. The highest BCUT2D eigenvalue weighted by molar-refractivity contribution is 5.95. The summed E-state index contributed by atoms with van der Waals surface area (Å²) in [6.07, 6.45) is 1.23. The maximum Gasteiger partial charge on any atom is 0.251 e. The van der Waals surface area contributed by atoms with Crippen LogP contribution >= 0.6 is 0 Å². The quantitative estimate of drug-likeness (QED) is 0.855. The van der Waals surface area contributed by atoms with E-state index in [1.54, 1.807) is 18.2 Å². The van der Waals surface area contributed by atoms with Gasteiger partial charge in [-0.3, -0.25) is 4.79 Å². The molecule has 0 bridgehead atoms. The Morgan fingerprint density at radius 1 is 1.33 bits per heavy atom. The Labute approximate surface area is 124 Å². The second-order valence-electron chi connectivity index (χ2n) is 5.02. The predicted octanol–water partition coefficient (Wildman–Crippen LogP) is 2.20. The van der Waals surface area contributed by atoms with Gasteiger partial charge in [0.05, 0.1) is 6.26 Å². The number of nitrogens with one attached hydrogen (secondary N) is 1. The Bertz CT molecular complexity index is 579. The molecule has 0 fully saturated rings. The molecule has 0 radical (unpaired) electrons. The Balaban J connectivity index is 1.86. The lowest BCUT2D eigenvalue weighted by atomic mass is 10.1. The summed E-state index contributed by atoms with van der Waals surface area (Å²) < 4.78 is 5.11. The van der Waals surface area contributed by atoms with Gasteiger partial charge in [-0.25, -0.2) is 0 Å². The Morgan fingerprint density at radius 3 is 2.81 bits per heavy atom. The number of carbonyl (C=O) groups excluding carboxylic acids is 1. The molecular weight excluding hydrogens is 268 g/mol. The molecular formula is C16H20N2O3. The maximum atomic E-state index is 12.1. The molecule has 1 amide bonds. The van der Waals surface area contributed by atoms with Gasteiger partial charge in [0.2, 0.25) is 0 Å². The minimum absolute atomic E-state index is 0.148. The van der Waals surface area contributed by atoms with Crippen LogP contribution in [0.1, 0.15) is 28.6 Å². The van der Waals surface area contributed by atoms with Crippen molar-refractivity contribution in [2.75, 3.05) is 25.5 Å². The molecule has 5 nitrogen and oxygen atoms in total. The van der Waals surface area contributed by atoms with Gasteiger partial charge in [-0.05, 0) is 36.8 Å². The molecule has 1 aromatic heterocycles. The van der Waals surface area contributed by atoms with E-state index in [9.17, 15) is 9.90 Å². The van der Waals surface area contributed by atoms with Crippen LogP contribution in [0.15, 0.2) is 47.1 Å². The normalized spacial score (nSPS) is 12.0. The average molecular weight is 288 g/mol. The molecule has 1 atom stereocenters. The molecule has 1 heterocycles. The maximum absolute atomic E-state index is 12.1. The van der Waals surface area contributed by atoms with Gasteiger partial charge >= 0.3 is 0 Å². The van der Waals surface area contributed by atoms with Crippen molar-refractivity contribution in [3.8, 4) is 0 Å². The number of aliphatic hydroxyl groups excluding tert-OH is 1. The number of aliphatic hydroxyl groups is 1. The monoisotopic (exact) mass is 288 g/mol. The summed E-state index contributed by atoms with van der Waals surface area (Å²) in [4.78, 5) is 14.0. The highest BCUT2D eigenvalue weighted by Crippen LogP contribution is 2.16. The minimum atomic E-state index is -0.701. The zero-order valence-corrected chi connectivity index (χ0v) is 12.2. The molecule has 0 aliphatic heterocycles. The van der Waals surface area contributed by atoms with Crippen molar-refractivity contribution in [3.05, 3.63) is 54.0 Å². The van der Waals surface area contributed by atoms with Crippen LogP contribution in [-0.2, 0) is 0 Å². The van der Waals surface area contributed by atoms with E-state index in [4.69, 9.17) is 4.42 Å². The fourth-order valence-electron chi connectivity index (χ4n) is 1.97. The highest BCUT2D eigenvalue weighted by atomic mass is 16.4. The number of nitrogens with zero attached hydrogens (tertiary/aromatic N) is 1. The molecule has 0 aliphatic carbocycles. The van der Waals surface area contributed by atoms with Crippen LogP contribution in [0.25, 0.3) is 0 Å². The van der Waals surface area contributed by atoms with E-state index >= 15 is 0 Å². The molecule has 1 aromatic carbocycles. The third-order valence-electron chi connectivity index (χ3n) is 3.20. The second-order valence-corrected chi connectivity index (χ2v) is 5.02. The molecule has 0 saturated heterocycles. The van der Waals surface area contributed by atoms with Crippen molar-refractivity contribution in [1.82, 2.24) is 5.32 Å². The van der Waals surface area contributed by atoms with E-state index < -0.39 is 6.10 Å². The lowest BCUT2D eigenvalue weighted by molar-refractivity contribution is 0.0936. The van der Waals surface area contributed by atoms with Crippen molar-refractivity contribution in [1.29, 1.82) is 0 Å². The summed E-state index contributed by atoms with van der Waals surface area (Å²) >= 11 is 0. The van der Waals surface area contributed by atoms with Gasteiger partial charge in [-0.15, -0.1) is 0 Å².